The number of nitrogens with zero attached hydrogens (tertiary/aromatic N) is 2. The van der Waals surface area contributed by atoms with Gasteiger partial charge in [-0.2, -0.15) is 0 Å². The number of hydrogen-bond acceptors (Lipinski definition) is 5. The maximum Gasteiger partial charge on any atom is 0.253 e. The summed E-state index contributed by atoms with van der Waals surface area (Å²) >= 11 is 0. The first-order chi connectivity index (χ1) is 17.8. The van der Waals surface area contributed by atoms with Gasteiger partial charge in [-0.05, 0) is 81.3 Å². The van der Waals surface area contributed by atoms with Crippen LogP contribution >= 0.6 is 0 Å². The highest BCUT2D eigenvalue weighted by Crippen LogP contribution is 2.33. The molecule has 1 unspecified atom stereocenters. The smallest absolute Gasteiger partial charge is 0.253 e. The van der Waals surface area contributed by atoms with Gasteiger partial charge in [0.2, 0.25) is 0 Å². The quantitative estimate of drug-likeness (QED) is 0.532. The van der Waals surface area contributed by atoms with Crippen LogP contribution in [0.5, 0.6) is 0 Å². The number of aromatic nitrogens is 2. The maximum atomic E-state index is 13.5. The highest BCUT2D eigenvalue weighted by Gasteiger charge is 2.27. The third-order valence-electron chi connectivity index (χ3n) is 8.06. The molecular weight excluding hydrogens is 468 g/mol. The molecule has 1 atom stereocenters. The number of morpholine rings is 1. The summed E-state index contributed by atoms with van der Waals surface area (Å²) in [6, 6.07) is 6.28. The second kappa shape index (κ2) is 10.8. The number of nitrogens with one attached hydrogen (secondary N) is 2. The summed E-state index contributed by atoms with van der Waals surface area (Å²) in [6.07, 6.45) is 4.30. The van der Waals surface area contributed by atoms with Gasteiger partial charge in [-0.15, -0.1) is 0 Å². The zero-order valence-corrected chi connectivity index (χ0v) is 22.4. The van der Waals surface area contributed by atoms with Gasteiger partial charge in [0.1, 0.15) is 0 Å². The highest BCUT2D eigenvalue weighted by atomic mass is 16.5. The van der Waals surface area contributed by atoms with Crippen LogP contribution in [0.2, 0.25) is 0 Å². The molecule has 5 heterocycles. The molecule has 8 heteroatoms. The molecule has 2 fully saturated rings. The Morgan fingerprint density at radius 1 is 1.08 bits per heavy atom. The Bertz CT molecular complexity index is 1350. The molecule has 2 saturated heterocycles. The monoisotopic (exact) mass is 506 g/mol. The van der Waals surface area contributed by atoms with Crippen LogP contribution in [-0.4, -0.2) is 59.7 Å². The number of H-pyrrole nitrogens is 1. The molecule has 0 radical (unpaired) electrons. The molecule has 0 bridgehead atoms. The normalized spacial score (nSPS) is 18.3. The fourth-order valence-corrected chi connectivity index (χ4v) is 5.90. The highest BCUT2D eigenvalue weighted by molar-refractivity contribution is 5.97. The van der Waals surface area contributed by atoms with E-state index in [-0.39, 0.29) is 24.1 Å². The van der Waals surface area contributed by atoms with Crippen LogP contribution < -0.4 is 10.9 Å². The van der Waals surface area contributed by atoms with Crippen molar-refractivity contribution in [3.63, 3.8) is 0 Å². The number of amides is 1. The minimum Gasteiger partial charge on any atom is -0.381 e. The number of rotatable bonds is 6. The number of carbonyl (C=O) groups is 1. The molecule has 0 aromatic carbocycles. The topological polar surface area (TPSA) is 88.1 Å². The Balaban J connectivity index is 1.52. The zero-order chi connectivity index (χ0) is 26.1. The standard InChI is InChI=1S/C29H38N4O4/c1-18-13-19(2)31-29(35)26(18)16-30-28(34)25-15-24-14-23(22-5-9-36-10-6-22)17-33(24)27(20(25)3)21(4)32-7-11-37-12-8-32/h13-15,17,21-22H,5-12,16H2,1-4H3,(H,30,34)(H,31,35). The number of hydrogen-bond donors (Lipinski definition) is 2. The van der Waals surface area contributed by atoms with Crippen molar-refractivity contribution < 1.29 is 14.3 Å². The van der Waals surface area contributed by atoms with E-state index in [9.17, 15) is 9.59 Å². The summed E-state index contributed by atoms with van der Waals surface area (Å²) in [5.41, 5.74) is 7.20. The van der Waals surface area contributed by atoms with E-state index in [2.05, 4.69) is 38.8 Å². The van der Waals surface area contributed by atoms with E-state index in [1.54, 1.807) is 0 Å². The summed E-state index contributed by atoms with van der Waals surface area (Å²) < 4.78 is 13.5. The van der Waals surface area contributed by atoms with Gasteiger partial charge in [0.05, 0.1) is 13.2 Å². The van der Waals surface area contributed by atoms with Gasteiger partial charge in [-0.3, -0.25) is 14.5 Å². The first-order valence-corrected chi connectivity index (χ1v) is 13.4. The second-order valence-electron chi connectivity index (χ2n) is 10.5. The maximum absolute atomic E-state index is 13.5. The van der Waals surface area contributed by atoms with Crippen LogP contribution in [-0.2, 0) is 16.0 Å². The summed E-state index contributed by atoms with van der Waals surface area (Å²) in [6.45, 7) is 13.0. The molecule has 0 saturated carbocycles. The largest absolute Gasteiger partial charge is 0.381 e. The molecule has 8 nitrogen and oxygen atoms in total. The van der Waals surface area contributed by atoms with Gasteiger partial charge in [-0.25, -0.2) is 0 Å². The number of fused-ring (bicyclic) bond motifs is 1. The van der Waals surface area contributed by atoms with Gasteiger partial charge in [-0.1, -0.05) is 0 Å². The molecule has 0 spiro atoms. The van der Waals surface area contributed by atoms with E-state index >= 15 is 0 Å². The minimum absolute atomic E-state index is 0.122. The summed E-state index contributed by atoms with van der Waals surface area (Å²) in [5, 5.41) is 3.02. The number of aromatic amines is 1. The van der Waals surface area contributed by atoms with Crippen LogP contribution in [0.15, 0.2) is 29.2 Å². The lowest BCUT2D eigenvalue weighted by Crippen LogP contribution is -2.39. The van der Waals surface area contributed by atoms with Gasteiger partial charge in [0, 0.05) is 73.1 Å². The molecule has 3 aromatic rings. The SMILES string of the molecule is Cc1cc(C)c(CNC(=O)c2cc3cc(C4CCOCC4)cn3c(C(C)N3CCOCC3)c2C)c(=O)[nH]1. The summed E-state index contributed by atoms with van der Waals surface area (Å²) in [4.78, 5) is 31.3. The molecule has 0 aliphatic carbocycles. The van der Waals surface area contributed by atoms with E-state index in [0.29, 0.717) is 17.0 Å². The summed E-state index contributed by atoms with van der Waals surface area (Å²) in [5.74, 6) is 0.303. The molecular formula is C29H38N4O4. The van der Waals surface area contributed by atoms with E-state index in [1.807, 2.05) is 32.9 Å². The van der Waals surface area contributed by atoms with Gasteiger partial charge >= 0.3 is 0 Å². The van der Waals surface area contributed by atoms with E-state index in [1.165, 1.54) is 5.56 Å². The van der Waals surface area contributed by atoms with Crippen LogP contribution in [0.1, 0.15) is 75.7 Å². The Morgan fingerprint density at radius 3 is 2.49 bits per heavy atom. The Morgan fingerprint density at radius 2 is 1.78 bits per heavy atom. The van der Waals surface area contributed by atoms with Crippen molar-refractivity contribution in [2.45, 2.75) is 59.0 Å². The van der Waals surface area contributed by atoms with Crippen molar-refractivity contribution in [1.29, 1.82) is 0 Å². The van der Waals surface area contributed by atoms with Crippen LogP contribution in [0.3, 0.4) is 0 Å². The first-order valence-electron chi connectivity index (χ1n) is 13.4. The molecule has 37 heavy (non-hydrogen) atoms. The minimum atomic E-state index is -0.163. The van der Waals surface area contributed by atoms with Crippen molar-refractivity contribution in [1.82, 2.24) is 19.6 Å². The van der Waals surface area contributed by atoms with Crippen LogP contribution in [0, 0.1) is 20.8 Å². The Hall–Kier alpha value is -2.94. The van der Waals surface area contributed by atoms with E-state index < -0.39 is 0 Å². The third kappa shape index (κ3) is 5.23. The van der Waals surface area contributed by atoms with Crippen molar-refractivity contribution in [2.24, 2.45) is 0 Å². The average molecular weight is 507 g/mol. The van der Waals surface area contributed by atoms with Crippen molar-refractivity contribution in [3.05, 3.63) is 74.0 Å². The zero-order valence-electron chi connectivity index (χ0n) is 22.4. The molecule has 2 aliphatic rings. The van der Waals surface area contributed by atoms with Crippen LogP contribution in [0.4, 0.5) is 0 Å². The molecule has 2 aliphatic heterocycles. The molecule has 2 N–H and O–H groups in total. The van der Waals surface area contributed by atoms with Crippen molar-refractivity contribution in [3.8, 4) is 0 Å². The second-order valence-corrected chi connectivity index (χ2v) is 10.5. The molecule has 198 valence electrons. The summed E-state index contributed by atoms with van der Waals surface area (Å²) in [7, 11) is 0. The van der Waals surface area contributed by atoms with E-state index in [4.69, 9.17) is 9.47 Å². The fourth-order valence-electron chi connectivity index (χ4n) is 5.90. The van der Waals surface area contributed by atoms with E-state index in [0.717, 1.165) is 80.4 Å². The predicted octanol–water partition coefficient (Wildman–Crippen LogP) is 3.77. The van der Waals surface area contributed by atoms with Crippen molar-refractivity contribution in [2.75, 3.05) is 39.5 Å². The lowest BCUT2D eigenvalue weighted by atomic mass is 9.94. The molecule has 1 amide bonds. The number of aryl methyl sites for hydroxylation is 2. The van der Waals surface area contributed by atoms with Gasteiger partial charge in [0.25, 0.3) is 11.5 Å². The number of pyridine rings is 2. The van der Waals surface area contributed by atoms with Crippen LogP contribution in [0.25, 0.3) is 5.52 Å². The lowest BCUT2D eigenvalue weighted by molar-refractivity contribution is 0.0187. The van der Waals surface area contributed by atoms with Gasteiger partial charge in [0.15, 0.2) is 0 Å². The van der Waals surface area contributed by atoms with Crippen molar-refractivity contribution >= 4 is 11.4 Å². The Kier molecular flexibility index (Phi) is 7.51. The number of carbonyl (C=O) groups excluding carboxylic acids is 1. The fraction of sp³-hybridized carbons (Fsp3) is 0.517. The Labute approximate surface area is 218 Å². The third-order valence-corrected chi connectivity index (χ3v) is 8.06. The average Bonchev–Trinajstić information content (AvgIpc) is 3.32. The van der Waals surface area contributed by atoms with Gasteiger partial charge < -0.3 is 24.2 Å². The number of ether oxygens (including phenoxy) is 2. The molecule has 5 rings (SSSR count). The first kappa shape index (κ1) is 25.7. The predicted molar refractivity (Wildman–Crippen MR) is 143 cm³/mol. The molecule has 3 aromatic heterocycles. The lowest BCUT2D eigenvalue weighted by Gasteiger charge is -2.34.